The van der Waals surface area contributed by atoms with Crippen LogP contribution in [0.4, 0.5) is 0 Å². The summed E-state index contributed by atoms with van der Waals surface area (Å²) in [7, 11) is 0. The van der Waals surface area contributed by atoms with Gasteiger partial charge in [0.2, 0.25) is 5.91 Å². The van der Waals surface area contributed by atoms with E-state index in [2.05, 4.69) is 6.92 Å². The van der Waals surface area contributed by atoms with E-state index in [1.54, 1.807) is 6.92 Å². The minimum atomic E-state index is 0.173. The van der Waals surface area contributed by atoms with Crippen molar-refractivity contribution in [2.75, 3.05) is 12.4 Å². The summed E-state index contributed by atoms with van der Waals surface area (Å²) >= 11 is 7.70. The number of aryl methyl sites for hydroxylation is 1. The first kappa shape index (κ1) is 11.9. The van der Waals surface area contributed by atoms with Crippen molar-refractivity contribution in [3.8, 4) is 0 Å². The molecule has 1 aromatic heterocycles. The van der Waals surface area contributed by atoms with E-state index in [1.807, 2.05) is 16.2 Å². The fourth-order valence-electron chi connectivity index (χ4n) is 2.27. The van der Waals surface area contributed by atoms with E-state index in [-0.39, 0.29) is 5.91 Å². The predicted octanol–water partition coefficient (Wildman–Crippen LogP) is 2.74. The Labute approximate surface area is 105 Å². The molecule has 1 amide bonds. The lowest BCUT2D eigenvalue weighted by Gasteiger charge is -2.26. The van der Waals surface area contributed by atoms with Crippen LogP contribution < -0.4 is 0 Å². The lowest BCUT2D eigenvalue weighted by Crippen LogP contribution is -2.33. The molecular formula is C12H16ClNOS. The van der Waals surface area contributed by atoms with Crippen LogP contribution in [-0.4, -0.2) is 23.2 Å². The first-order valence-corrected chi connectivity index (χ1v) is 6.90. The second-order valence-electron chi connectivity index (χ2n) is 4.17. The fourth-order valence-corrected chi connectivity index (χ4v) is 3.68. The molecule has 0 unspecified atom stereocenters. The van der Waals surface area contributed by atoms with E-state index >= 15 is 0 Å². The number of alkyl halides is 1. The third-order valence-electron chi connectivity index (χ3n) is 3.15. The van der Waals surface area contributed by atoms with Crippen molar-refractivity contribution in [2.45, 2.75) is 33.2 Å². The summed E-state index contributed by atoms with van der Waals surface area (Å²) in [6.07, 6.45) is 1.92. The monoisotopic (exact) mass is 257 g/mol. The topological polar surface area (TPSA) is 20.3 Å². The predicted molar refractivity (Wildman–Crippen MR) is 68.3 cm³/mol. The molecule has 2 heterocycles. The van der Waals surface area contributed by atoms with Crippen LogP contribution >= 0.6 is 22.9 Å². The van der Waals surface area contributed by atoms with Crippen molar-refractivity contribution in [2.24, 2.45) is 0 Å². The second kappa shape index (κ2) is 4.76. The fraction of sp³-hybridized carbons (Fsp3) is 0.583. The number of carbonyl (C=O) groups is 1. The van der Waals surface area contributed by atoms with Gasteiger partial charge in [-0.05, 0) is 30.9 Å². The van der Waals surface area contributed by atoms with Gasteiger partial charge >= 0.3 is 0 Å². The van der Waals surface area contributed by atoms with Gasteiger partial charge in [-0.1, -0.05) is 0 Å². The van der Waals surface area contributed by atoms with E-state index in [0.29, 0.717) is 5.88 Å². The summed E-state index contributed by atoms with van der Waals surface area (Å²) in [4.78, 5) is 16.1. The Bertz CT molecular complexity index is 413. The van der Waals surface area contributed by atoms with Crippen LogP contribution in [0.15, 0.2) is 0 Å². The molecule has 0 N–H and O–H groups in total. The number of hydrogen-bond donors (Lipinski definition) is 0. The lowest BCUT2D eigenvalue weighted by molar-refractivity contribution is -0.129. The van der Waals surface area contributed by atoms with E-state index in [4.69, 9.17) is 11.6 Å². The Balaban J connectivity index is 2.31. The molecule has 1 aliphatic rings. The molecule has 0 fully saturated rings. The average molecular weight is 258 g/mol. The van der Waals surface area contributed by atoms with Gasteiger partial charge in [-0.25, -0.2) is 0 Å². The number of nitrogens with zero attached hydrogens (tertiary/aromatic N) is 1. The molecule has 2 rings (SSSR count). The van der Waals surface area contributed by atoms with Gasteiger partial charge in [0, 0.05) is 35.6 Å². The smallest absolute Gasteiger partial charge is 0.219 e. The molecule has 16 heavy (non-hydrogen) atoms. The highest BCUT2D eigenvalue weighted by Gasteiger charge is 2.23. The van der Waals surface area contributed by atoms with Crippen LogP contribution in [-0.2, 0) is 24.2 Å². The van der Waals surface area contributed by atoms with Crippen molar-refractivity contribution >= 4 is 28.8 Å². The van der Waals surface area contributed by atoms with E-state index in [9.17, 15) is 4.79 Å². The SMILES string of the molecule is CC(=O)N1CCc2sc(C)c(CCCl)c2C1. The second-order valence-corrected chi connectivity index (χ2v) is 5.86. The Kier molecular flexibility index (Phi) is 3.55. The van der Waals surface area contributed by atoms with Crippen LogP contribution in [0.25, 0.3) is 0 Å². The molecule has 88 valence electrons. The average Bonchev–Trinajstić information content (AvgIpc) is 2.55. The van der Waals surface area contributed by atoms with Crippen molar-refractivity contribution in [3.05, 3.63) is 20.9 Å². The number of hydrogen-bond acceptors (Lipinski definition) is 2. The molecule has 2 nitrogen and oxygen atoms in total. The maximum Gasteiger partial charge on any atom is 0.219 e. The van der Waals surface area contributed by atoms with Crippen molar-refractivity contribution < 1.29 is 4.79 Å². The number of thiophene rings is 1. The molecule has 0 saturated carbocycles. The van der Waals surface area contributed by atoms with Gasteiger partial charge in [-0.3, -0.25) is 4.79 Å². The summed E-state index contributed by atoms with van der Waals surface area (Å²) in [5.74, 6) is 0.829. The zero-order valence-electron chi connectivity index (χ0n) is 9.68. The minimum Gasteiger partial charge on any atom is -0.338 e. The van der Waals surface area contributed by atoms with Gasteiger partial charge < -0.3 is 4.90 Å². The molecule has 0 spiro atoms. The van der Waals surface area contributed by atoms with Crippen molar-refractivity contribution in [3.63, 3.8) is 0 Å². The highest BCUT2D eigenvalue weighted by Crippen LogP contribution is 2.33. The van der Waals surface area contributed by atoms with Gasteiger partial charge in [0.05, 0.1) is 0 Å². The van der Waals surface area contributed by atoms with Crippen molar-refractivity contribution in [1.82, 2.24) is 4.90 Å². The lowest BCUT2D eigenvalue weighted by atomic mass is 10.0. The first-order valence-electron chi connectivity index (χ1n) is 5.55. The minimum absolute atomic E-state index is 0.173. The van der Waals surface area contributed by atoms with Gasteiger partial charge in [0.15, 0.2) is 0 Å². The zero-order valence-corrected chi connectivity index (χ0v) is 11.2. The molecule has 1 aliphatic heterocycles. The molecule has 0 bridgehead atoms. The molecule has 1 aromatic rings. The number of carbonyl (C=O) groups excluding carboxylic acids is 1. The van der Waals surface area contributed by atoms with Gasteiger partial charge in [0.25, 0.3) is 0 Å². The normalized spacial score (nSPS) is 15.1. The molecule has 0 aliphatic carbocycles. The van der Waals surface area contributed by atoms with E-state index in [1.165, 1.54) is 20.9 Å². The molecule has 0 saturated heterocycles. The van der Waals surface area contributed by atoms with Gasteiger partial charge in [0.1, 0.15) is 0 Å². The van der Waals surface area contributed by atoms with Crippen LogP contribution in [0.1, 0.15) is 27.8 Å². The number of rotatable bonds is 2. The van der Waals surface area contributed by atoms with Gasteiger partial charge in [-0.2, -0.15) is 0 Å². The van der Waals surface area contributed by atoms with Crippen LogP contribution in [0.3, 0.4) is 0 Å². The molecule has 4 heteroatoms. The molecule has 0 radical (unpaired) electrons. The van der Waals surface area contributed by atoms with Crippen LogP contribution in [0.5, 0.6) is 0 Å². The standard InChI is InChI=1S/C12H16ClNOS/c1-8-10(3-5-13)11-7-14(9(2)15)6-4-12(11)16-8/h3-7H2,1-2H3. The summed E-state index contributed by atoms with van der Waals surface area (Å²) in [6, 6.07) is 0. The Morgan fingerprint density at radius 1 is 1.56 bits per heavy atom. The van der Waals surface area contributed by atoms with Crippen LogP contribution in [0.2, 0.25) is 0 Å². The third-order valence-corrected chi connectivity index (χ3v) is 4.59. The van der Waals surface area contributed by atoms with E-state index in [0.717, 1.165) is 25.9 Å². The molecule has 0 atom stereocenters. The first-order chi connectivity index (χ1) is 7.63. The number of amides is 1. The quantitative estimate of drug-likeness (QED) is 0.746. The molecule has 0 aromatic carbocycles. The summed E-state index contributed by atoms with van der Waals surface area (Å²) < 4.78 is 0. The maximum atomic E-state index is 11.4. The van der Waals surface area contributed by atoms with Crippen molar-refractivity contribution in [1.29, 1.82) is 0 Å². The van der Waals surface area contributed by atoms with E-state index < -0.39 is 0 Å². The van der Waals surface area contributed by atoms with Gasteiger partial charge in [-0.15, -0.1) is 22.9 Å². The highest BCUT2D eigenvalue weighted by atomic mass is 35.5. The Hall–Kier alpha value is -0.540. The Morgan fingerprint density at radius 2 is 2.31 bits per heavy atom. The number of fused-ring (bicyclic) bond motifs is 1. The largest absolute Gasteiger partial charge is 0.338 e. The summed E-state index contributed by atoms with van der Waals surface area (Å²) in [5, 5.41) is 0. The zero-order chi connectivity index (χ0) is 11.7. The molecular weight excluding hydrogens is 242 g/mol. The third kappa shape index (κ3) is 2.11. The highest BCUT2D eigenvalue weighted by molar-refractivity contribution is 7.12. The summed E-state index contributed by atoms with van der Waals surface area (Å²) in [6.45, 7) is 5.44. The van der Waals surface area contributed by atoms with Crippen LogP contribution in [0, 0.1) is 6.92 Å². The Morgan fingerprint density at radius 3 is 2.94 bits per heavy atom. The summed E-state index contributed by atoms with van der Waals surface area (Å²) in [5.41, 5.74) is 2.74. The number of halogens is 1. The maximum absolute atomic E-state index is 11.4.